The molecule has 0 aromatic carbocycles. The van der Waals surface area contributed by atoms with Gasteiger partial charge < -0.3 is 4.90 Å². The molecule has 1 amide bonds. The lowest BCUT2D eigenvalue weighted by atomic mass is 10.2. The molecule has 106 valence electrons. The van der Waals surface area contributed by atoms with E-state index < -0.39 is 5.56 Å². The minimum Gasteiger partial charge on any atom is -0.333 e. The summed E-state index contributed by atoms with van der Waals surface area (Å²) < 4.78 is 4.19. The Hall–Kier alpha value is -1.67. The predicted molar refractivity (Wildman–Crippen MR) is 74.0 cm³/mol. The molecular formula is C11H12ClN5O2S. The van der Waals surface area contributed by atoms with Gasteiger partial charge in [0.05, 0.1) is 18.8 Å². The smallest absolute Gasteiger partial charge is 0.277 e. The molecule has 0 spiro atoms. The van der Waals surface area contributed by atoms with Crippen LogP contribution in [0, 0.1) is 0 Å². The first-order valence-electron chi connectivity index (χ1n) is 6.19. The second-order valence-electron chi connectivity index (χ2n) is 4.60. The number of carbonyl (C=O) groups excluding carboxylic acids is 1. The van der Waals surface area contributed by atoms with Crippen molar-refractivity contribution in [3.8, 4) is 0 Å². The van der Waals surface area contributed by atoms with Gasteiger partial charge in [-0.05, 0) is 12.8 Å². The topological polar surface area (TPSA) is 83.9 Å². The molecule has 7 nitrogen and oxygen atoms in total. The summed E-state index contributed by atoms with van der Waals surface area (Å²) in [6, 6.07) is 0.0532. The van der Waals surface area contributed by atoms with Gasteiger partial charge in [-0.2, -0.15) is 0 Å². The molecule has 0 bridgehead atoms. The fourth-order valence-electron chi connectivity index (χ4n) is 2.40. The Bertz CT molecular complexity index is 665. The normalized spacial score (nSPS) is 18.6. The van der Waals surface area contributed by atoms with Crippen LogP contribution in [-0.2, 0) is 6.54 Å². The van der Waals surface area contributed by atoms with Gasteiger partial charge in [-0.3, -0.25) is 18.6 Å². The lowest BCUT2D eigenvalue weighted by molar-refractivity contribution is 0.0726. The number of likely N-dealkylation sites (tertiary alicyclic amines) is 1. The van der Waals surface area contributed by atoms with Crippen molar-refractivity contribution >= 4 is 29.0 Å². The van der Waals surface area contributed by atoms with Gasteiger partial charge in [-0.1, -0.05) is 28.3 Å². The first-order chi connectivity index (χ1) is 9.66. The van der Waals surface area contributed by atoms with Crippen LogP contribution in [-0.4, -0.2) is 42.8 Å². The number of aromatic amines is 1. The predicted octanol–water partition coefficient (Wildman–Crippen LogP) is 0.986. The molecule has 1 aliphatic rings. The van der Waals surface area contributed by atoms with E-state index in [1.165, 1.54) is 0 Å². The van der Waals surface area contributed by atoms with E-state index in [0.29, 0.717) is 13.1 Å². The van der Waals surface area contributed by atoms with Crippen molar-refractivity contribution in [1.29, 1.82) is 0 Å². The summed E-state index contributed by atoms with van der Waals surface area (Å²) >= 11 is 6.85. The van der Waals surface area contributed by atoms with Gasteiger partial charge >= 0.3 is 0 Å². The number of halogens is 1. The van der Waals surface area contributed by atoms with Crippen LogP contribution in [0.25, 0.3) is 0 Å². The second-order valence-corrected chi connectivity index (χ2v) is 5.79. The van der Waals surface area contributed by atoms with Crippen LogP contribution in [0.4, 0.5) is 0 Å². The first-order valence-corrected chi connectivity index (χ1v) is 7.38. The summed E-state index contributed by atoms with van der Waals surface area (Å²) in [6.07, 6.45) is 5.21. The van der Waals surface area contributed by atoms with Gasteiger partial charge in [0.1, 0.15) is 9.90 Å². The molecule has 1 saturated heterocycles. The second kappa shape index (κ2) is 5.37. The van der Waals surface area contributed by atoms with Crippen LogP contribution >= 0.6 is 23.1 Å². The van der Waals surface area contributed by atoms with E-state index in [1.54, 1.807) is 22.0 Å². The van der Waals surface area contributed by atoms with Gasteiger partial charge in [0.25, 0.3) is 11.5 Å². The molecule has 0 unspecified atom stereocenters. The van der Waals surface area contributed by atoms with E-state index in [2.05, 4.69) is 14.7 Å². The molecular weight excluding hydrogens is 302 g/mol. The van der Waals surface area contributed by atoms with Gasteiger partial charge in [0.15, 0.2) is 0 Å². The third-order valence-corrected chi connectivity index (χ3v) is 4.69. The SMILES string of the molecule is O=C(c1s[nH]c(=O)c1Cl)N1CCC[C@H]1Cn1ccnn1. The quantitative estimate of drug-likeness (QED) is 0.915. The van der Waals surface area contributed by atoms with Gasteiger partial charge in [0, 0.05) is 12.7 Å². The standard InChI is InChI=1S/C11H12ClN5O2S/c12-8-9(20-14-10(8)18)11(19)17-4-1-2-7(17)6-16-5-3-13-15-16/h3,5,7H,1-2,4,6H2,(H,14,18)/t7-/m0/s1. The fraction of sp³-hybridized carbons (Fsp3) is 0.455. The summed E-state index contributed by atoms with van der Waals surface area (Å²) in [4.78, 5) is 25.8. The minimum absolute atomic E-state index is 0.0218. The molecule has 0 saturated carbocycles. The number of hydrogen-bond donors (Lipinski definition) is 1. The van der Waals surface area contributed by atoms with Gasteiger partial charge in [0.2, 0.25) is 0 Å². The highest BCUT2D eigenvalue weighted by molar-refractivity contribution is 7.08. The Morgan fingerprint density at radius 2 is 2.45 bits per heavy atom. The maximum atomic E-state index is 12.5. The number of carbonyl (C=O) groups is 1. The lowest BCUT2D eigenvalue weighted by Gasteiger charge is -2.23. The molecule has 2 aromatic rings. The van der Waals surface area contributed by atoms with Crippen LogP contribution in [0.1, 0.15) is 22.5 Å². The van der Waals surface area contributed by atoms with Crippen molar-refractivity contribution in [3.05, 3.63) is 32.6 Å². The maximum absolute atomic E-state index is 12.5. The Balaban J connectivity index is 1.80. The molecule has 2 aromatic heterocycles. The van der Waals surface area contributed by atoms with E-state index in [0.717, 1.165) is 24.4 Å². The van der Waals surface area contributed by atoms with Crippen molar-refractivity contribution in [2.75, 3.05) is 6.54 Å². The van der Waals surface area contributed by atoms with Crippen LogP contribution < -0.4 is 5.56 Å². The number of nitrogens with zero attached hydrogens (tertiary/aromatic N) is 4. The maximum Gasteiger partial charge on any atom is 0.277 e. The van der Waals surface area contributed by atoms with Crippen LogP contribution in [0.15, 0.2) is 17.2 Å². The molecule has 3 heterocycles. The van der Waals surface area contributed by atoms with Crippen molar-refractivity contribution in [2.45, 2.75) is 25.4 Å². The van der Waals surface area contributed by atoms with E-state index >= 15 is 0 Å². The van der Waals surface area contributed by atoms with E-state index in [1.807, 2.05) is 0 Å². The number of nitrogens with one attached hydrogen (secondary N) is 1. The number of amides is 1. The Kier molecular flexibility index (Phi) is 3.58. The number of hydrogen-bond acceptors (Lipinski definition) is 5. The number of aromatic nitrogens is 4. The first kappa shape index (κ1) is 13.3. The van der Waals surface area contributed by atoms with Crippen LogP contribution in [0.3, 0.4) is 0 Å². The zero-order valence-electron chi connectivity index (χ0n) is 10.5. The molecule has 1 aliphatic heterocycles. The largest absolute Gasteiger partial charge is 0.333 e. The zero-order valence-corrected chi connectivity index (χ0v) is 12.0. The highest BCUT2D eigenvalue weighted by atomic mass is 35.5. The van der Waals surface area contributed by atoms with Crippen molar-refractivity contribution in [3.63, 3.8) is 0 Å². The summed E-state index contributed by atoms with van der Waals surface area (Å²) in [5.41, 5.74) is -0.410. The zero-order chi connectivity index (χ0) is 14.1. The summed E-state index contributed by atoms with van der Waals surface area (Å²) in [7, 11) is 0. The summed E-state index contributed by atoms with van der Waals surface area (Å²) in [6.45, 7) is 1.27. The van der Waals surface area contributed by atoms with E-state index in [-0.39, 0.29) is 21.8 Å². The number of H-pyrrole nitrogens is 1. The molecule has 3 rings (SSSR count). The molecule has 1 atom stereocenters. The molecule has 9 heteroatoms. The molecule has 0 aliphatic carbocycles. The highest BCUT2D eigenvalue weighted by Gasteiger charge is 2.32. The highest BCUT2D eigenvalue weighted by Crippen LogP contribution is 2.24. The Morgan fingerprint density at radius 1 is 1.60 bits per heavy atom. The van der Waals surface area contributed by atoms with Crippen LogP contribution in [0.5, 0.6) is 0 Å². The monoisotopic (exact) mass is 313 g/mol. The average molecular weight is 314 g/mol. The molecule has 20 heavy (non-hydrogen) atoms. The summed E-state index contributed by atoms with van der Waals surface area (Å²) in [5, 5.41) is 7.65. The number of rotatable bonds is 3. The molecule has 1 N–H and O–H groups in total. The van der Waals surface area contributed by atoms with Crippen molar-refractivity contribution in [2.24, 2.45) is 0 Å². The molecule has 0 radical (unpaired) electrons. The van der Waals surface area contributed by atoms with Crippen LogP contribution in [0.2, 0.25) is 5.02 Å². The lowest BCUT2D eigenvalue weighted by Crippen LogP contribution is -2.38. The van der Waals surface area contributed by atoms with Gasteiger partial charge in [-0.15, -0.1) is 5.10 Å². The minimum atomic E-state index is -0.410. The average Bonchev–Trinajstić information content (AvgIpc) is 3.14. The third kappa shape index (κ3) is 2.36. The molecule has 1 fully saturated rings. The van der Waals surface area contributed by atoms with E-state index in [9.17, 15) is 9.59 Å². The summed E-state index contributed by atoms with van der Waals surface area (Å²) in [5.74, 6) is -0.194. The van der Waals surface area contributed by atoms with E-state index in [4.69, 9.17) is 11.6 Å². The van der Waals surface area contributed by atoms with Crippen molar-refractivity contribution < 1.29 is 4.79 Å². The van der Waals surface area contributed by atoms with Gasteiger partial charge in [-0.25, -0.2) is 0 Å². The Morgan fingerprint density at radius 3 is 3.10 bits per heavy atom. The Labute approximate surface area is 123 Å². The third-order valence-electron chi connectivity index (χ3n) is 3.35. The van der Waals surface area contributed by atoms with Crippen molar-refractivity contribution in [1.82, 2.24) is 24.3 Å². The fourth-order valence-corrected chi connectivity index (χ4v) is 3.38.